The van der Waals surface area contributed by atoms with Gasteiger partial charge in [-0.25, -0.2) is 9.59 Å². The minimum Gasteiger partial charge on any atom is -0.493 e. The number of aromatic carboxylic acids is 1. The third kappa shape index (κ3) is 2.22. The number of carbonyl (C=O) groups excluding carboxylic acids is 1. The number of anilines is 1. The molecule has 0 amide bonds. The Morgan fingerprint density at radius 1 is 1.35 bits per heavy atom. The van der Waals surface area contributed by atoms with Crippen molar-refractivity contribution in [2.45, 2.75) is 19.1 Å². The first-order valence-corrected chi connectivity index (χ1v) is 5.98. The van der Waals surface area contributed by atoms with E-state index in [-0.39, 0.29) is 11.3 Å². The highest BCUT2D eigenvalue weighted by atomic mass is 16.7. The van der Waals surface area contributed by atoms with Gasteiger partial charge in [0, 0.05) is 18.6 Å². The number of hydrogen-bond donors (Lipinski definition) is 2. The number of carbonyl (C=O) groups is 2. The van der Waals surface area contributed by atoms with Crippen LogP contribution in [0.4, 0.5) is 5.69 Å². The zero-order chi connectivity index (χ0) is 14.9. The van der Waals surface area contributed by atoms with E-state index in [1.807, 2.05) is 0 Å². The molecule has 0 aromatic heterocycles. The van der Waals surface area contributed by atoms with Crippen molar-refractivity contribution < 1.29 is 28.9 Å². The molecule has 1 unspecified atom stereocenters. The highest BCUT2D eigenvalue weighted by Crippen LogP contribution is 2.39. The molecule has 1 saturated heterocycles. The first kappa shape index (κ1) is 14.0. The summed E-state index contributed by atoms with van der Waals surface area (Å²) in [5.74, 6) is -0.901. The molecular weight excluding hydrogens is 266 g/mol. The molecule has 1 fully saturated rings. The number of nitrogens with one attached hydrogen (secondary N) is 1. The molecule has 0 radical (unpaired) electrons. The van der Waals surface area contributed by atoms with Crippen molar-refractivity contribution in [2.75, 3.05) is 19.5 Å². The number of carboxylic acid groups (broad SMARTS) is 1. The Morgan fingerprint density at radius 3 is 2.30 bits per heavy atom. The molecule has 0 bridgehead atoms. The summed E-state index contributed by atoms with van der Waals surface area (Å²) in [6.45, 7) is 1.76. The van der Waals surface area contributed by atoms with Gasteiger partial charge < -0.3 is 24.6 Å². The summed E-state index contributed by atoms with van der Waals surface area (Å²) in [4.78, 5) is 22.6. The smallest absolute Gasteiger partial charge is 0.375 e. The van der Waals surface area contributed by atoms with Gasteiger partial charge in [0.25, 0.3) is 5.72 Å². The van der Waals surface area contributed by atoms with E-state index in [0.29, 0.717) is 17.9 Å². The van der Waals surface area contributed by atoms with E-state index in [2.05, 4.69) is 5.32 Å². The molecule has 20 heavy (non-hydrogen) atoms. The summed E-state index contributed by atoms with van der Waals surface area (Å²) in [5.41, 5.74) is -0.925. The number of hydrogen-bond acceptors (Lipinski definition) is 6. The maximum Gasteiger partial charge on any atom is 0.375 e. The van der Waals surface area contributed by atoms with Gasteiger partial charge >= 0.3 is 11.9 Å². The van der Waals surface area contributed by atoms with Crippen LogP contribution in [0, 0.1) is 0 Å². The van der Waals surface area contributed by atoms with Crippen LogP contribution in [-0.2, 0) is 9.53 Å². The minimum atomic E-state index is -1.15. The topological polar surface area (TPSA) is 97.4 Å². The quantitative estimate of drug-likeness (QED) is 0.762. The Bertz CT molecular complexity index is 570. The van der Waals surface area contributed by atoms with Crippen LogP contribution in [0.5, 0.6) is 11.5 Å². The summed E-state index contributed by atoms with van der Waals surface area (Å²) in [5, 5.41) is 12.1. The number of methoxy groups -OCH3 is 2. The second-order valence-electron chi connectivity index (χ2n) is 4.25. The molecule has 108 valence electrons. The van der Waals surface area contributed by atoms with Crippen molar-refractivity contribution in [1.82, 2.24) is 0 Å². The lowest BCUT2D eigenvalue weighted by atomic mass is 10.1. The molecule has 0 aliphatic carbocycles. The molecule has 1 aliphatic rings. The lowest BCUT2D eigenvalue weighted by Crippen LogP contribution is -2.25. The van der Waals surface area contributed by atoms with Gasteiger partial charge in [0.1, 0.15) is 0 Å². The molecule has 7 heteroatoms. The van der Waals surface area contributed by atoms with Crippen molar-refractivity contribution in [3.05, 3.63) is 17.7 Å². The van der Waals surface area contributed by atoms with Crippen molar-refractivity contribution in [3.63, 3.8) is 0 Å². The SMILES string of the molecule is CCC1(Nc2cc(OC)c(OC)cc2C(=O)O)OC1=O. The number of cyclic esters (lactones) is 1. The number of benzene rings is 1. The maximum atomic E-state index is 11.3. The Morgan fingerprint density at radius 2 is 1.90 bits per heavy atom. The fourth-order valence-electron chi connectivity index (χ4n) is 1.89. The summed E-state index contributed by atoms with van der Waals surface area (Å²) in [6, 6.07) is 2.80. The predicted octanol–water partition coefficient (Wildman–Crippen LogP) is 1.48. The van der Waals surface area contributed by atoms with Crippen LogP contribution >= 0.6 is 0 Å². The van der Waals surface area contributed by atoms with E-state index in [1.165, 1.54) is 26.4 Å². The maximum absolute atomic E-state index is 11.3. The van der Waals surface area contributed by atoms with Gasteiger partial charge in [0.15, 0.2) is 11.5 Å². The standard InChI is InChI=1S/C13H15NO6/c1-4-13(12(17)20-13)14-8-6-10(19-3)9(18-2)5-7(8)11(15)16/h5-6,14H,4H2,1-3H3,(H,15,16). The highest BCUT2D eigenvalue weighted by Gasteiger charge is 2.57. The normalized spacial score (nSPS) is 20.1. The van der Waals surface area contributed by atoms with E-state index >= 15 is 0 Å². The van der Waals surface area contributed by atoms with Crippen LogP contribution in [0.2, 0.25) is 0 Å². The van der Waals surface area contributed by atoms with Crippen molar-refractivity contribution in [1.29, 1.82) is 0 Å². The minimum absolute atomic E-state index is 0.0289. The fourth-order valence-corrected chi connectivity index (χ4v) is 1.89. The summed E-state index contributed by atoms with van der Waals surface area (Å²) >= 11 is 0. The van der Waals surface area contributed by atoms with Crippen LogP contribution in [0.15, 0.2) is 12.1 Å². The highest BCUT2D eigenvalue weighted by molar-refractivity contribution is 6.00. The van der Waals surface area contributed by atoms with E-state index < -0.39 is 17.7 Å². The Hall–Kier alpha value is -2.44. The van der Waals surface area contributed by atoms with E-state index in [9.17, 15) is 14.7 Å². The van der Waals surface area contributed by atoms with Gasteiger partial charge in [-0.05, 0) is 0 Å². The summed E-state index contributed by atoms with van der Waals surface area (Å²) < 4.78 is 15.1. The number of epoxide rings is 1. The van der Waals surface area contributed by atoms with Gasteiger partial charge in [-0.2, -0.15) is 0 Å². The Kier molecular flexibility index (Phi) is 3.44. The molecule has 0 saturated carbocycles. The second kappa shape index (κ2) is 4.92. The molecule has 2 N–H and O–H groups in total. The zero-order valence-electron chi connectivity index (χ0n) is 11.4. The molecule has 1 atom stereocenters. The van der Waals surface area contributed by atoms with Crippen LogP contribution < -0.4 is 14.8 Å². The molecule has 1 aromatic carbocycles. The molecule has 2 rings (SSSR count). The summed E-state index contributed by atoms with van der Waals surface area (Å²) in [7, 11) is 2.86. The van der Waals surface area contributed by atoms with Gasteiger partial charge in [-0.15, -0.1) is 0 Å². The summed E-state index contributed by atoms with van der Waals surface area (Å²) in [6.07, 6.45) is 0.388. The Labute approximate surface area is 115 Å². The lowest BCUT2D eigenvalue weighted by Gasteiger charge is -2.16. The first-order chi connectivity index (χ1) is 9.47. The zero-order valence-corrected chi connectivity index (χ0v) is 11.4. The van der Waals surface area contributed by atoms with Crippen molar-refractivity contribution >= 4 is 17.6 Å². The van der Waals surface area contributed by atoms with Crippen molar-refractivity contribution in [2.24, 2.45) is 0 Å². The third-order valence-electron chi connectivity index (χ3n) is 3.14. The van der Waals surface area contributed by atoms with E-state index in [1.54, 1.807) is 6.92 Å². The fraction of sp³-hybridized carbons (Fsp3) is 0.385. The van der Waals surface area contributed by atoms with Crippen LogP contribution in [0.25, 0.3) is 0 Å². The monoisotopic (exact) mass is 281 g/mol. The van der Waals surface area contributed by atoms with Crippen LogP contribution in [0.3, 0.4) is 0 Å². The third-order valence-corrected chi connectivity index (χ3v) is 3.14. The number of ether oxygens (including phenoxy) is 3. The molecule has 7 nitrogen and oxygen atoms in total. The molecule has 1 aromatic rings. The van der Waals surface area contributed by atoms with Gasteiger partial charge in [-0.3, -0.25) is 0 Å². The van der Waals surface area contributed by atoms with Crippen LogP contribution in [-0.4, -0.2) is 37.0 Å². The largest absolute Gasteiger partial charge is 0.493 e. The number of carboxylic acids is 1. The number of rotatable bonds is 6. The molecule has 1 heterocycles. The van der Waals surface area contributed by atoms with Gasteiger partial charge in [0.2, 0.25) is 0 Å². The molecular formula is C13H15NO6. The molecule has 0 spiro atoms. The van der Waals surface area contributed by atoms with Crippen molar-refractivity contribution in [3.8, 4) is 11.5 Å². The van der Waals surface area contributed by atoms with Crippen LogP contribution in [0.1, 0.15) is 23.7 Å². The Balaban J connectivity index is 2.45. The van der Waals surface area contributed by atoms with E-state index in [4.69, 9.17) is 14.2 Å². The average Bonchev–Trinajstić information content (AvgIpc) is 3.08. The van der Waals surface area contributed by atoms with Gasteiger partial charge in [-0.1, -0.05) is 6.92 Å². The van der Waals surface area contributed by atoms with Gasteiger partial charge in [0.05, 0.1) is 25.5 Å². The average molecular weight is 281 g/mol. The second-order valence-corrected chi connectivity index (χ2v) is 4.25. The first-order valence-electron chi connectivity index (χ1n) is 5.98. The lowest BCUT2D eigenvalue weighted by molar-refractivity contribution is -0.117. The predicted molar refractivity (Wildman–Crippen MR) is 69.2 cm³/mol. The molecule has 1 aliphatic heterocycles. The van der Waals surface area contributed by atoms with E-state index in [0.717, 1.165) is 0 Å².